The second-order valence-corrected chi connectivity index (χ2v) is 4.06. The van der Waals surface area contributed by atoms with Crippen molar-refractivity contribution in [3.63, 3.8) is 0 Å². The number of hydrogen-bond donors (Lipinski definition) is 0. The van der Waals surface area contributed by atoms with E-state index < -0.39 is 0 Å². The van der Waals surface area contributed by atoms with E-state index in [2.05, 4.69) is 11.8 Å². The van der Waals surface area contributed by atoms with Gasteiger partial charge >= 0.3 is 0 Å². The molecule has 2 rings (SSSR count). The van der Waals surface area contributed by atoms with Crippen molar-refractivity contribution in [2.75, 3.05) is 5.88 Å². The first-order chi connectivity index (χ1) is 8.88. The smallest absolute Gasteiger partial charge is 0.127 e. The first-order valence-corrected chi connectivity index (χ1v) is 6.30. The molecule has 0 fully saturated rings. The molecule has 0 radical (unpaired) electrons. The van der Waals surface area contributed by atoms with Crippen molar-refractivity contribution in [1.29, 1.82) is 0 Å². The molecule has 0 bridgehead atoms. The van der Waals surface area contributed by atoms with Gasteiger partial charge in [0, 0.05) is 17.9 Å². The maximum absolute atomic E-state index is 5.69. The maximum atomic E-state index is 5.69. The van der Waals surface area contributed by atoms with Crippen molar-refractivity contribution in [2.45, 2.75) is 6.42 Å². The van der Waals surface area contributed by atoms with E-state index in [1.807, 2.05) is 54.6 Å². The predicted molar refractivity (Wildman–Crippen MR) is 75.2 cm³/mol. The number of para-hydroxylation sites is 1. The van der Waals surface area contributed by atoms with Gasteiger partial charge in [-0.25, -0.2) is 0 Å². The number of hydrogen-bond acceptors (Lipinski definition) is 1. The molecule has 0 saturated heterocycles. The zero-order valence-electron chi connectivity index (χ0n) is 9.90. The van der Waals surface area contributed by atoms with Gasteiger partial charge in [-0.2, -0.15) is 0 Å². The van der Waals surface area contributed by atoms with Crippen molar-refractivity contribution < 1.29 is 4.74 Å². The molecule has 0 amide bonds. The fourth-order valence-corrected chi connectivity index (χ4v) is 1.54. The molecule has 0 aliphatic heterocycles. The Morgan fingerprint density at radius 2 is 1.56 bits per heavy atom. The van der Waals surface area contributed by atoms with Gasteiger partial charge in [0.05, 0.1) is 0 Å². The van der Waals surface area contributed by atoms with Crippen LogP contribution < -0.4 is 4.74 Å². The molecule has 0 spiro atoms. The van der Waals surface area contributed by atoms with Crippen LogP contribution in [0.4, 0.5) is 0 Å². The van der Waals surface area contributed by atoms with E-state index in [1.165, 1.54) is 0 Å². The second-order valence-electron chi connectivity index (χ2n) is 3.68. The summed E-state index contributed by atoms with van der Waals surface area (Å²) in [6.45, 7) is 0. The SMILES string of the molecule is ClCCC#Cc1ccc(Oc2ccccc2)cc1. The highest BCUT2D eigenvalue weighted by Gasteiger charge is 1.95. The van der Waals surface area contributed by atoms with E-state index in [9.17, 15) is 0 Å². The topological polar surface area (TPSA) is 9.23 Å². The largest absolute Gasteiger partial charge is 0.457 e. The van der Waals surface area contributed by atoms with E-state index in [1.54, 1.807) is 0 Å². The molecular formula is C16H13ClO. The number of alkyl halides is 1. The quantitative estimate of drug-likeness (QED) is 0.582. The van der Waals surface area contributed by atoms with Crippen LogP contribution in [0, 0.1) is 11.8 Å². The van der Waals surface area contributed by atoms with Gasteiger partial charge in [0.25, 0.3) is 0 Å². The van der Waals surface area contributed by atoms with E-state index in [0.717, 1.165) is 17.1 Å². The van der Waals surface area contributed by atoms with Gasteiger partial charge in [-0.3, -0.25) is 0 Å². The molecule has 90 valence electrons. The van der Waals surface area contributed by atoms with Gasteiger partial charge in [-0.05, 0) is 36.4 Å². The Morgan fingerprint density at radius 3 is 2.22 bits per heavy atom. The Hall–Kier alpha value is -1.91. The Bertz CT molecular complexity index is 535. The third-order valence-electron chi connectivity index (χ3n) is 2.29. The van der Waals surface area contributed by atoms with E-state index in [0.29, 0.717) is 12.3 Å². The number of benzene rings is 2. The summed E-state index contributed by atoms with van der Waals surface area (Å²) in [7, 11) is 0. The summed E-state index contributed by atoms with van der Waals surface area (Å²) in [5.41, 5.74) is 0.973. The van der Waals surface area contributed by atoms with Crippen LogP contribution in [-0.2, 0) is 0 Å². The fraction of sp³-hybridized carbons (Fsp3) is 0.125. The van der Waals surface area contributed by atoms with Crippen molar-refractivity contribution >= 4 is 11.6 Å². The monoisotopic (exact) mass is 256 g/mol. The summed E-state index contributed by atoms with van der Waals surface area (Å²) in [5, 5.41) is 0. The van der Waals surface area contributed by atoms with Crippen LogP contribution in [0.3, 0.4) is 0 Å². The van der Waals surface area contributed by atoms with Crippen molar-refractivity contribution in [2.24, 2.45) is 0 Å². The Kier molecular flexibility index (Phi) is 4.69. The molecular weight excluding hydrogens is 244 g/mol. The number of ether oxygens (including phenoxy) is 1. The molecule has 0 atom stereocenters. The normalized spacial score (nSPS) is 9.39. The Labute approximate surface area is 112 Å². The Balaban J connectivity index is 2.02. The highest BCUT2D eigenvalue weighted by molar-refractivity contribution is 6.18. The minimum absolute atomic E-state index is 0.572. The van der Waals surface area contributed by atoms with Crippen LogP contribution in [0.5, 0.6) is 11.5 Å². The van der Waals surface area contributed by atoms with Gasteiger partial charge in [0.15, 0.2) is 0 Å². The van der Waals surface area contributed by atoms with E-state index in [4.69, 9.17) is 16.3 Å². The molecule has 0 heterocycles. The maximum Gasteiger partial charge on any atom is 0.127 e. The van der Waals surface area contributed by atoms with Crippen molar-refractivity contribution in [3.05, 3.63) is 60.2 Å². The van der Waals surface area contributed by atoms with Gasteiger partial charge < -0.3 is 4.74 Å². The molecule has 0 aliphatic carbocycles. The number of rotatable bonds is 3. The first-order valence-electron chi connectivity index (χ1n) is 5.76. The average Bonchev–Trinajstić information content (AvgIpc) is 2.42. The van der Waals surface area contributed by atoms with Crippen LogP contribution in [0.15, 0.2) is 54.6 Å². The average molecular weight is 257 g/mol. The zero-order chi connectivity index (χ0) is 12.6. The summed E-state index contributed by atoms with van der Waals surface area (Å²) in [6, 6.07) is 17.4. The van der Waals surface area contributed by atoms with Gasteiger partial charge in [0.2, 0.25) is 0 Å². The molecule has 1 nitrogen and oxygen atoms in total. The van der Waals surface area contributed by atoms with Gasteiger partial charge in [-0.1, -0.05) is 30.0 Å². The van der Waals surface area contributed by atoms with Gasteiger partial charge in [0.1, 0.15) is 11.5 Å². The zero-order valence-corrected chi connectivity index (χ0v) is 10.7. The molecule has 2 heteroatoms. The van der Waals surface area contributed by atoms with E-state index in [-0.39, 0.29) is 0 Å². The van der Waals surface area contributed by atoms with Crippen molar-refractivity contribution in [3.8, 4) is 23.3 Å². The minimum atomic E-state index is 0.572. The summed E-state index contributed by atoms with van der Waals surface area (Å²) in [4.78, 5) is 0. The molecule has 2 aromatic rings. The molecule has 0 aliphatic rings. The third-order valence-corrected chi connectivity index (χ3v) is 2.47. The molecule has 0 saturated carbocycles. The summed E-state index contributed by atoms with van der Waals surface area (Å²) < 4.78 is 5.69. The lowest BCUT2D eigenvalue weighted by atomic mass is 10.2. The fourth-order valence-electron chi connectivity index (χ4n) is 1.44. The molecule has 0 aromatic heterocycles. The Morgan fingerprint density at radius 1 is 0.889 bits per heavy atom. The molecule has 0 unspecified atom stereocenters. The van der Waals surface area contributed by atoms with Crippen molar-refractivity contribution in [1.82, 2.24) is 0 Å². The summed E-state index contributed by atoms with van der Waals surface area (Å²) in [6.07, 6.45) is 0.712. The summed E-state index contributed by atoms with van der Waals surface area (Å²) in [5.74, 6) is 8.26. The lowest BCUT2D eigenvalue weighted by Gasteiger charge is -2.04. The van der Waals surface area contributed by atoms with Crippen LogP contribution in [0.1, 0.15) is 12.0 Å². The number of halogens is 1. The van der Waals surface area contributed by atoms with Gasteiger partial charge in [-0.15, -0.1) is 11.6 Å². The highest BCUT2D eigenvalue weighted by atomic mass is 35.5. The van der Waals surface area contributed by atoms with Crippen LogP contribution in [-0.4, -0.2) is 5.88 Å². The van der Waals surface area contributed by atoms with E-state index >= 15 is 0 Å². The highest BCUT2D eigenvalue weighted by Crippen LogP contribution is 2.20. The third kappa shape index (κ3) is 3.84. The molecule has 0 N–H and O–H groups in total. The molecule has 18 heavy (non-hydrogen) atoms. The molecule has 2 aromatic carbocycles. The van der Waals surface area contributed by atoms with Crippen LogP contribution >= 0.6 is 11.6 Å². The lowest BCUT2D eigenvalue weighted by Crippen LogP contribution is -1.83. The second kappa shape index (κ2) is 6.74. The van der Waals surface area contributed by atoms with Crippen LogP contribution in [0.25, 0.3) is 0 Å². The minimum Gasteiger partial charge on any atom is -0.457 e. The standard InChI is InChI=1S/C16H13ClO/c17-13-5-4-6-14-9-11-16(12-10-14)18-15-7-2-1-3-8-15/h1-3,7-12H,5,13H2. The lowest BCUT2D eigenvalue weighted by molar-refractivity contribution is 0.482. The summed E-state index contributed by atoms with van der Waals surface area (Å²) >= 11 is 5.56. The first kappa shape index (κ1) is 12.5. The predicted octanol–water partition coefficient (Wildman–Crippen LogP) is 4.46. The van der Waals surface area contributed by atoms with Crippen LogP contribution in [0.2, 0.25) is 0 Å².